The summed E-state index contributed by atoms with van der Waals surface area (Å²) in [4.78, 5) is 2.23. The molecule has 0 fully saturated rings. The molecule has 0 amide bonds. The highest BCUT2D eigenvalue weighted by molar-refractivity contribution is 6.60. The molecule has 0 saturated heterocycles. The molecule has 1 atom stereocenters. The van der Waals surface area contributed by atoms with Crippen LogP contribution in [0.15, 0.2) is 36.5 Å². The van der Waals surface area contributed by atoms with Gasteiger partial charge >= 0.3 is 8.80 Å². The monoisotopic (exact) mass is 338 g/mol. The maximum absolute atomic E-state index is 5.96. The lowest BCUT2D eigenvalue weighted by molar-refractivity contribution is 0.122. The Bertz CT molecular complexity index is 442. The van der Waals surface area contributed by atoms with E-state index in [1.165, 1.54) is 5.56 Å². The zero-order chi connectivity index (χ0) is 17.1. The second-order valence-electron chi connectivity index (χ2n) is 5.60. The fourth-order valence-electron chi connectivity index (χ4n) is 2.41. The Morgan fingerprint density at radius 2 is 1.74 bits per heavy atom. The van der Waals surface area contributed by atoms with Gasteiger partial charge in [-0.2, -0.15) is 0 Å². The molecule has 0 bridgehead atoms. The van der Waals surface area contributed by atoms with Gasteiger partial charge in [0.15, 0.2) is 0 Å². The van der Waals surface area contributed by atoms with Gasteiger partial charge in [-0.15, -0.1) is 0 Å². The number of nitrogens with zero attached hydrogens (tertiary/aromatic N) is 1. The van der Waals surface area contributed by atoms with Crippen molar-refractivity contribution in [3.8, 4) is 0 Å². The summed E-state index contributed by atoms with van der Waals surface area (Å²) < 4.78 is 16.4. The van der Waals surface area contributed by atoms with Crippen LogP contribution in [0.3, 0.4) is 0 Å². The SMILES string of the molecule is CO[Si](CCCN(C=Cc1ccccc1)CC(C)N)(OC)OC. The molecule has 6 heteroatoms. The first-order valence-electron chi connectivity index (χ1n) is 7.93. The molecule has 0 aromatic heterocycles. The van der Waals surface area contributed by atoms with Crippen LogP contribution in [0, 0.1) is 0 Å². The van der Waals surface area contributed by atoms with Crippen LogP contribution in [0.25, 0.3) is 6.08 Å². The summed E-state index contributed by atoms with van der Waals surface area (Å²) in [6, 6.07) is 11.1. The summed E-state index contributed by atoms with van der Waals surface area (Å²) in [6.07, 6.45) is 5.14. The minimum atomic E-state index is -2.49. The highest BCUT2D eigenvalue weighted by atomic mass is 28.4. The Labute approximate surface area is 141 Å². The van der Waals surface area contributed by atoms with Crippen LogP contribution < -0.4 is 5.73 Å². The van der Waals surface area contributed by atoms with Gasteiger partial charge in [0.25, 0.3) is 0 Å². The van der Waals surface area contributed by atoms with Gasteiger partial charge in [0.05, 0.1) is 0 Å². The van der Waals surface area contributed by atoms with E-state index in [1.54, 1.807) is 21.3 Å². The standard InChI is InChI=1S/C17H30N2O3Si/c1-16(18)15-19(13-11-17-9-6-5-7-10-17)12-8-14-23(20-2,21-3)22-4/h5-7,9-11,13,16H,8,12,14-15,18H2,1-4H3. The maximum atomic E-state index is 5.96. The fourth-order valence-corrected chi connectivity index (χ4v) is 4.11. The summed E-state index contributed by atoms with van der Waals surface area (Å²) in [6.45, 7) is 3.71. The number of benzene rings is 1. The Morgan fingerprint density at radius 1 is 1.13 bits per heavy atom. The third-order valence-corrected chi connectivity index (χ3v) is 6.49. The topological polar surface area (TPSA) is 57.0 Å². The molecule has 2 N–H and O–H groups in total. The highest BCUT2D eigenvalue weighted by Crippen LogP contribution is 2.15. The van der Waals surface area contributed by atoms with Crippen molar-refractivity contribution in [2.45, 2.75) is 25.4 Å². The molecule has 23 heavy (non-hydrogen) atoms. The van der Waals surface area contributed by atoms with Crippen LogP contribution in [-0.2, 0) is 13.3 Å². The van der Waals surface area contributed by atoms with Crippen molar-refractivity contribution in [2.75, 3.05) is 34.4 Å². The molecule has 1 aromatic rings. The van der Waals surface area contributed by atoms with E-state index in [9.17, 15) is 0 Å². The predicted molar refractivity (Wildman–Crippen MR) is 96.9 cm³/mol. The van der Waals surface area contributed by atoms with Gasteiger partial charge in [-0.1, -0.05) is 30.3 Å². The smallest absolute Gasteiger partial charge is 0.377 e. The van der Waals surface area contributed by atoms with E-state index >= 15 is 0 Å². The zero-order valence-corrected chi connectivity index (χ0v) is 15.7. The van der Waals surface area contributed by atoms with Crippen LogP contribution in [0.2, 0.25) is 6.04 Å². The summed E-state index contributed by atoms with van der Waals surface area (Å²) >= 11 is 0. The van der Waals surface area contributed by atoms with E-state index in [0.717, 1.165) is 25.6 Å². The zero-order valence-electron chi connectivity index (χ0n) is 14.7. The molecule has 0 aliphatic heterocycles. The molecule has 0 aliphatic rings. The average Bonchev–Trinajstić information content (AvgIpc) is 2.57. The van der Waals surface area contributed by atoms with Crippen molar-refractivity contribution in [3.05, 3.63) is 42.1 Å². The first-order chi connectivity index (χ1) is 11.0. The number of rotatable bonds is 11. The molecule has 0 spiro atoms. The van der Waals surface area contributed by atoms with E-state index in [2.05, 4.69) is 29.3 Å². The maximum Gasteiger partial charge on any atom is 0.500 e. The fraction of sp³-hybridized carbons (Fsp3) is 0.529. The van der Waals surface area contributed by atoms with Gasteiger partial charge in [0, 0.05) is 46.5 Å². The summed E-state index contributed by atoms with van der Waals surface area (Å²) in [7, 11) is 2.45. The molecule has 0 aliphatic carbocycles. The van der Waals surface area contributed by atoms with E-state index in [4.69, 9.17) is 19.0 Å². The van der Waals surface area contributed by atoms with E-state index in [1.807, 2.05) is 25.1 Å². The van der Waals surface area contributed by atoms with Crippen LogP contribution in [-0.4, -0.2) is 54.2 Å². The number of nitrogens with two attached hydrogens (primary N) is 1. The second kappa shape index (κ2) is 10.6. The first-order valence-corrected chi connectivity index (χ1v) is 9.86. The molecule has 1 unspecified atom stereocenters. The Morgan fingerprint density at radius 3 is 2.26 bits per heavy atom. The summed E-state index contributed by atoms with van der Waals surface area (Å²) in [5.74, 6) is 0. The molecule has 0 saturated carbocycles. The Balaban J connectivity index is 2.59. The van der Waals surface area contributed by atoms with Crippen LogP contribution in [0.5, 0.6) is 0 Å². The van der Waals surface area contributed by atoms with Gasteiger partial charge in [-0.05, 0) is 31.2 Å². The Hall–Kier alpha value is -1.18. The second-order valence-corrected chi connectivity index (χ2v) is 8.69. The van der Waals surface area contributed by atoms with E-state index in [0.29, 0.717) is 0 Å². The molecule has 1 rings (SSSR count). The third-order valence-electron chi connectivity index (χ3n) is 3.66. The highest BCUT2D eigenvalue weighted by Gasteiger charge is 2.36. The minimum absolute atomic E-state index is 0.115. The molecule has 5 nitrogen and oxygen atoms in total. The Kier molecular flexibility index (Phi) is 9.12. The summed E-state index contributed by atoms with van der Waals surface area (Å²) in [5, 5.41) is 0. The van der Waals surface area contributed by atoms with Crippen molar-refractivity contribution in [1.29, 1.82) is 0 Å². The van der Waals surface area contributed by atoms with Crippen LogP contribution >= 0.6 is 0 Å². The average molecular weight is 339 g/mol. The largest absolute Gasteiger partial charge is 0.500 e. The van der Waals surface area contributed by atoms with Gasteiger partial charge < -0.3 is 23.9 Å². The van der Waals surface area contributed by atoms with Crippen molar-refractivity contribution in [1.82, 2.24) is 4.90 Å². The lowest BCUT2D eigenvalue weighted by atomic mass is 10.2. The van der Waals surface area contributed by atoms with Crippen molar-refractivity contribution in [3.63, 3.8) is 0 Å². The van der Waals surface area contributed by atoms with Crippen molar-refractivity contribution < 1.29 is 13.3 Å². The normalized spacial score (nSPS) is 13.4. The first kappa shape index (κ1) is 19.9. The lowest BCUT2D eigenvalue weighted by Gasteiger charge is -2.27. The molecule has 130 valence electrons. The number of hydrogen-bond donors (Lipinski definition) is 1. The predicted octanol–water partition coefficient (Wildman–Crippen LogP) is 2.57. The molecule has 0 radical (unpaired) electrons. The van der Waals surface area contributed by atoms with E-state index in [-0.39, 0.29) is 6.04 Å². The lowest BCUT2D eigenvalue weighted by Crippen LogP contribution is -2.43. The van der Waals surface area contributed by atoms with Gasteiger partial charge in [-0.3, -0.25) is 0 Å². The van der Waals surface area contributed by atoms with Gasteiger partial charge in [0.1, 0.15) is 0 Å². The number of hydrogen-bond acceptors (Lipinski definition) is 5. The molecular weight excluding hydrogens is 308 g/mol. The van der Waals surface area contributed by atoms with Crippen molar-refractivity contribution in [2.24, 2.45) is 5.73 Å². The molecule has 0 heterocycles. The van der Waals surface area contributed by atoms with Crippen LogP contribution in [0.4, 0.5) is 0 Å². The summed E-state index contributed by atoms with van der Waals surface area (Å²) in [5.41, 5.74) is 7.13. The minimum Gasteiger partial charge on any atom is -0.377 e. The van der Waals surface area contributed by atoms with Gasteiger partial charge in [-0.25, -0.2) is 0 Å². The van der Waals surface area contributed by atoms with Crippen molar-refractivity contribution >= 4 is 14.9 Å². The molecular formula is C17H30N2O3Si. The quantitative estimate of drug-likeness (QED) is 0.629. The third kappa shape index (κ3) is 7.28. The van der Waals surface area contributed by atoms with E-state index < -0.39 is 8.80 Å². The van der Waals surface area contributed by atoms with Gasteiger partial charge in [0.2, 0.25) is 0 Å². The molecule has 1 aromatic carbocycles. The van der Waals surface area contributed by atoms with Crippen LogP contribution in [0.1, 0.15) is 18.9 Å².